The van der Waals surface area contributed by atoms with Gasteiger partial charge in [-0.25, -0.2) is 4.98 Å². The molecule has 5 heteroatoms. The van der Waals surface area contributed by atoms with E-state index in [4.69, 9.17) is 4.98 Å². The van der Waals surface area contributed by atoms with Crippen LogP contribution in [0.1, 0.15) is 11.1 Å². The second-order valence-corrected chi connectivity index (χ2v) is 8.85. The summed E-state index contributed by atoms with van der Waals surface area (Å²) in [5.74, 6) is 0.826. The van der Waals surface area contributed by atoms with Crippen molar-refractivity contribution in [1.82, 2.24) is 9.55 Å². The van der Waals surface area contributed by atoms with Gasteiger partial charge in [0.15, 0.2) is 0 Å². The van der Waals surface area contributed by atoms with Crippen LogP contribution in [0.5, 0.6) is 0 Å². The van der Waals surface area contributed by atoms with E-state index in [1.54, 1.807) is 0 Å². The van der Waals surface area contributed by atoms with Crippen molar-refractivity contribution in [3.63, 3.8) is 0 Å². The number of hydrogen-bond donors (Lipinski definition) is 1. The minimum absolute atomic E-state index is 0.0172. The maximum absolute atomic E-state index is 14.5. The smallest absolute Gasteiger partial charge is 0.279 e. The molecule has 1 aromatic heterocycles. The van der Waals surface area contributed by atoms with Gasteiger partial charge in [-0.15, -0.1) is 0 Å². The van der Waals surface area contributed by atoms with Crippen LogP contribution in [0.15, 0.2) is 103 Å². The van der Waals surface area contributed by atoms with Crippen LogP contribution < -0.4 is 10.2 Å². The summed E-state index contributed by atoms with van der Waals surface area (Å²) in [5, 5.41) is 3.67. The highest BCUT2D eigenvalue weighted by atomic mass is 16.2. The lowest BCUT2D eigenvalue weighted by Gasteiger charge is -2.38. The van der Waals surface area contributed by atoms with Crippen molar-refractivity contribution >= 4 is 28.3 Å². The molecule has 2 aliphatic rings. The van der Waals surface area contributed by atoms with E-state index in [0.29, 0.717) is 6.54 Å². The first-order valence-corrected chi connectivity index (χ1v) is 11.6. The Bertz CT molecular complexity index is 1570. The van der Waals surface area contributed by atoms with Crippen LogP contribution >= 0.6 is 0 Å². The molecule has 2 aliphatic heterocycles. The molecule has 0 radical (unpaired) electrons. The highest BCUT2D eigenvalue weighted by Gasteiger charge is 2.56. The highest BCUT2D eigenvalue weighted by Crippen LogP contribution is 2.50. The number of benzene rings is 4. The molecule has 0 aliphatic carbocycles. The van der Waals surface area contributed by atoms with Gasteiger partial charge in [0.25, 0.3) is 5.91 Å². The van der Waals surface area contributed by atoms with Crippen molar-refractivity contribution in [2.75, 3.05) is 16.8 Å². The second kappa shape index (κ2) is 7.06. The number of fused-ring (bicyclic) bond motifs is 8. The van der Waals surface area contributed by atoms with E-state index in [-0.39, 0.29) is 5.91 Å². The van der Waals surface area contributed by atoms with Crippen LogP contribution in [0.3, 0.4) is 0 Å². The summed E-state index contributed by atoms with van der Waals surface area (Å²) in [6.07, 6.45) is 0.783. The van der Waals surface area contributed by atoms with Gasteiger partial charge in [0.05, 0.1) is 16.7 Å². The number of nitrogens with zero attached hydrogens (tertiary/aromatic N) is 3. The van der Waals surface area contributed by atoms with Crippen molar-refractivity contribution in [1.29, 1.82) is 0 Å². The normalized spacial score (nSPS) is 18.0. The summed E-state index contributed by atoms with van der Waals surface area (Å²) >= 11 is 0. The number of rotatable bonds is 3. The highest BCUT2D eigenvalue weighted by molar-refractivity contribution is 6.12. The molecule has 1 spiro atoms. The summed E-state index contributed by atoms with van der Waals surface area (Å²) in [4.78, 5) is 21.4. The molecular weight excluding hydrogens is 420 g/mol. The van der Waals surface area contributed by atoms with Crippen molar-refractivity contribution < 1.29 is 4.79 Å². The third-order valence-corrected chi connectivity index (χ3v) is 6.99. The maximum atomic E-state index is 14.5. The number of hydrogen-bond acceptors (Lipinski definition) is 3. The van der Waals surface area contributed by atoms with Gasteiger partial charge in [0, 0.05) is 23.4 Å². The summed E-state index contributed by atoms with van der Waals surface area (Å²) < 4.78 is 2.11. The van der Waals surface area contributed by atoms with E-state index >= 15 is 0 Å². The molecule has 164 valence electrons. The third kappa shape index (κ3) is 2.49. The number of carbonyl (C=O) groups is 1. The third-order valence-electron chi connectivity index (χ3n) is 6.99. The molecule has 0 saturated carbocycles. The zero-order valence-electron chi connectivity index (χ0n) is 18.5. The Morgan fingerprint density at radius 1 is 0.794 bits per heavy atom. The van der Waals surface area contributed by atoms with Crippen LogP contribution in [0.4, 0.5) is 11.4 Å². The molecule has 0 fully saturated rings. The van der Waals surface area contributed by atoms with Crippen LogP contribution in [-0.4, -0.2) is 22.0 Å². The number of para-hydroxylation sites is 4. The summed E-state index contributed by atoms with van der Waals surface area (Å²) in [6, 6.07) is 34.6. The van der Waals surface area contributed by atoms with Crippen LogP contribution in [0.2, 0.25) is 0 Å². The standard InChI is InChI=1S/C29H22N4O/c34-28-29(22-13-5-8-16-25(22)32(28)19-18-20-10-2-1-3-11-20)31-23-14-6-4-12-21(23)27-30-24-15-7-9-17-26(24)33(27)29/h1-17,31H,18-19H2. The average molecular weight is 443 g/mol. The summed E-state index contributed by atoms with van der Waals surface area (Å²) in [5.41, 5.74) is 5.75. The Morgan fingerprint density at radius 2 is 1.53 bits per heavy atom. The lowest BCUT2D eigenvalue weighted by atomic mass is 9.95. The van der Waals surface area contributed by atoms with Gasteiger partial charge in [-0.05, 0) is 42.3 Å². The zero-order valence-corrected chi connectivity index (χ0v) is 18.5. The van der Waals surface area contributed by atoms with Crippen LogP contribution in [-0.2, 0) is 16.9 Å². The zero-order chi connectivity index (χ0) is 22.7. The van der Waals surface area contributed by atoms with Crippen LogP contribution in [0.25, 0.3) is 22.4 Å². The van der Waals surface area contributed by atoms with E-state index in [0.717, 1.165) is 45.8 Å². The molecular formula is C29H22N4O. The van der Waals surface area contributed by atoms with Crippen molar-refractivity contribution in [3.8, 4) is 11.4 Å². The van der Waals surface area contributed by atoms with E-state index in [1.165, 1.54) is 5.56 Å². The Morgan fingerprint density at radius 3 is 2.44 bits per heavy atom. The molecule has 7 rings (SSSR count). The number of carbonyl (C=O) groups excluding carboxylic acids is 1. The number of amides is 1. The van der Waals surface area contributed by atoms with E-state index < -0.39 is 5.66 Å². The van der Waals surface area contributed by atoms with Crippen molar-refractivity contribution in [2.45, 2.75) is 12.1 Å². The van der Waals surface area contributed by atoms with Crippen molar-refractivity contribution in [2.24, 2.45) is 0 Å². The largest absolute Gasteiger partial charge is 0.350 e. The molecule has 1 unspecified atom stereocenters. The van der Waals surface area contributed by atoms with Gasteiger partial charge in [0.1, 0.15) is 5.82 Å². The van der Waals surface area contributed by atoms with E-state index in [2.05, 4.69) is 34.1 Å². The predicted molar refractivity (Wildman–Crippen MR) is 135 cm³/mol. The number of imidazole rings is 1. The Hall–Kier alpha value is -4.38. The van der Waals surface area contributed by atoms with Crippen LogP contribution in [0, 0.1) is 0 Å². The number of anilines is 2. The van der Waals surface area contributed by atoms with Gasteiger partial charge in [-0.3, -0.25) is 9.36 Å². The molecule has 1 amide bonds. The Kier molecular flexibility index (Phi) is 3.97. The predicted octanol–water partition coefficient (Wildman–Crippen LogP) is 5.42. The lowest BCUT2D eigenvalue weighted by molar-refractivity contribution is -0.123. The van der Waals surface area contributed by atoms with E-state index in [9.17, 15) is 4.79 Å². The van der Waals surface area contributed by atoms with Gasteiger partial charge < -0.3 is 10.2 Å². The van der Waals surface area contributed by atoms with Gasteiger partial charge >= 0.3 is 0 Å². The van der Waals surface area contributed by atoms with Crippen molar-refractivity contribution in [3.05, 3.63) is 114 Å². The Labute approximate surface area is 197 Å². The minimum Gasteiger partial charge on any atom is -0.350 e. The molecule has 5 aromatic rings. The SMILES string of the molecule is O=C1N(CCc2ccccc2)c2ccccc2C12Nc1ccccc1-c1nc3ccccc3n12. The fourth-order valence-electron chi connectivity index (χ4n) is 5.46. The van der Waals surface area contributed by atoms with Gasteiger partial charge in [-0.1, -0.05) is 72.8 Å². The van der Waals surface area contributed by atoms with Gasteiger partial charge in [-0.2, -0.15) is 0 Å². The fraction of sp³-hybridized carbons (Fsp3) is 0.103. The number of aromatic nitrogens is 2. The number of nitrogens with one attached hydrogen (secondary N) is 1. The first-order chi connectivity index (χ1) is 16.8. The summed E-state index contributed by atoms with van der Waals surface area (Å²) in [7, 11) is 0. The second-order valence-electron chi connectivity index (χ2n) is 8.85. The minimum atomic E-state index is -1.09. The van der Waals surface area contributed by atoms with Gasteiger partial charge in [0.2, 0.25) is 5.66 Å². The molecule has 5 nitrogen and oxygen atoms in total. The summed E-state index contributed by atoms with van der Waals surface area (Å²) in [6.45, 7) is 0.604. The first kappa shape index (κ1) is 19.1. The molecule has 1 N–H and O–H groups in total. The molecule has 0 bridgehead atoms. The monoisotopic (exact) mass is 442 g/mol. The quantitative estimate of drug-likeness (QED) is 0.406. The fourth-order valence-corrected chi connectivity index (χ4v) is 5.46. The maximum Gasteiger partial charge on any atom is 0.279 e. The van der Waals surface area contributed by atoms with E-state index in [1.807, 2.05) is 83.8 Å². The molecule has 34 heavy (non-hydrogen) atoms. The first-order valence-electron chi connectivity index (χ1n) is 11.6. The molecule has 3 heterocycles. The lowest BCUT2D eigenvalue weighted by Crippen LogP contribution is -2.53. The Balaban J connectivity index is 1.46. The molecule has 4 aromatic carbocycles. The molecule has 1 atom stereocenters. The topological polar surface area (TPSA) is 50.2 Å². The molecule has 0 saturated heterocycles. The average Bonchev–Trinajstić information content (AvgIpc) is 3.39.